The van der Waals surface area contributed by atoms with E-state index in [1.165, 1.54) is 11.1 Å². The minimum atomic E-state index is 0. The van der Waals surface area contributed by atoms with Gasteiger partial charge < -0.3 is 15.2 Å². The van der Waals surface area contributed by atoms with Crippen LogP contribution in [0.4, 0.5) is 0 Å². The first-order valence-electron chi connectivity index (χ1n) is 10.4. The number of aryl methyl sites for hydroxylation is 1. The van der Waals surface area contributed by atoms with Crippen LogP contribution in [0.3, 0.4) is 0 Å². The van der Waals surface area contributed by atoms with Crippen molar-refractivity contribution in [3.63, 3.8) is 0 Å². The molecule has 1 heterocycles. The molecule has 5 nitrogen and oxygen atoms in total. The topological polar surface area (TPSA) is 54.2 Å². The van der Waals surface area contributed by atoms with Crippen molar-refractivity contribution in [3.8, 4) is 0 Å². The van der Waals surface area contributed by atoms with E-state index in [0.29, 0.717) is 12.6 Å². The monoisotopic (exact) mass is 517 g/mol. The lowest BCUT2D eigenvalue weighted by molar-refractivity contribution is 0.592. The number of guanidine groups is 1. The smallest absolute Gasteiger partial charge is 0.191 e. The van der Waals surface area contributed by atoms with Crippen LogP contribution in [-0.2, 0) is 19.5 Å². The van der Waals surface area contributed by atoms with Gasteiger partial charge in [-0.25, -0.2) is 9.98 Å². The number of halogens is 1. The van der Waals surface area contributed by atoms with Crippen LogP contribution in [0, 0.1) is 0 Å². The molecule has 3 aromatic rings. The van der Waals surface area contributed by atoms with Gasteiger partial charge in [0.15, 0.2) is 5.96 Å². The molecule has 0 saturated carbocycles. The number of aromatic nitrogens is 2. The number of imidazole rings is 1. The number of nitrogens with one attached hydrogen (secondary N) is 2. The second kappa shape index (κ2) is 13.1. The summed E-state index contributed by atoms with van der Waals surface area (Å²) in [6.45, 7) is 6.47. The van der Waals surface area contributed by atoms with Crippen LogP contribution in [0.1, 0.15) is 37.2 Å². The van der Waals surface area contributed by atoms with Crippen molar-refractivity contribution in [3.05, 3.63) is 90.0 Å². The van der Waals surface area contributed by atoms with Crippen LogP contribution in [-0.4, -0.2) is 28.1 Å². The lowest BCUT2D eigenvalue weighted by Gasteiger charge is -2.18. The van der Waals surface area contributed by atoms with Crippen molar-refractivity contribution < 1.29 is 0 Å². The first kappa shape index (κ1) is 23.9. The maximum Gasteiger partial charge on any atom is 0.191 e. The summed E-state index contributed by atoms with van der Waals surface area (Å²) in [5, 5.41) is 6.87. The average Bonchev–Trinajstić information content (AvgIpc) is 3.19. The van der Waals surface area contributed by atoms with E-state index in [2.05, 4.69) is 88.6 Å². The zero-order chi connectivity index (χ0) is 20.3. The first-order valence-corrected chi connectivity index (χ1v) is 10.4. The van der Waals surface area contributed by atoms with Gasteiger partial charge in [-0.3, -0.25) is 0 Å². The highest BCUT2D eigenvalue weighted by atomic mass is 127. The highest BCUT2D eigenvalue weighted by Crippen LogP contribution is 2.07. The fourth-order valence-electron chi connectivity index (χ4n) is 3.22. The van der Waals surface area contributed by atoms with Crippen molar-refractivity contribution in [2.75, 3.05) is 6.54 Å². The molecule has 6 heteroatoms. The quantitative estimate of drug-likeness (QED) is 0.247. The molecule has 30 heavy (non-hydrogen) atoms. The number of aliphatic imine (C=N–C) groups is 1. The van der Waals surface area contributed by atoms with E-state index >= 15 is 0 Å². The van der Waals surface area contributed by atoms with Crippen molar-refractivity contribution in [2.24, 2.45) is 4.99 Å². The predicted octanol–water partition coefficient (Wildman–Crippen LogP) is 4.63. The molecule has 160 valence electrons. The zero-order valence-electron chi connectivity index (χ0n) is 17.8. The van der Waals surface area contributed by atoms with Gasteiger partial charge in [0, 0.05) is 31.5 Å². The molecule has 1 atom stereocenters. The minimum absolute atomic E-state index is 0. The fourth-order valence-corrected chi connectivity index (χ4v) is 3.22. The molecule has 1 unspecified atom stereocenters. The van der Waals surface area contributed by atoms with Gasteiger partial charge in [-0.2, -0.15) is 0 Å². The molecule has 3 rings (SSSR count). The Morgan fingerprint density at radius 1 is 1.03 bits per heavy atom. The largest absolute Gasteiger partial charge is 0.357 e. The standard InChI is InChI=1S/C24H31N5.HI/c1-3-25-24(28-20(2)14-15-21-10-6-4-7-11-21)27-18-23-26-16-17-29(23)19-22-12-8-5-9-13-22;/h4-13,16-17,20H,3,14-15,18-19H2,1-2H3,(H2,25,27,28);1H. The van der Waals surface area contributed by atoms with E-state index < -0.39 is 0 Å². The Morgan fingerprint density at radius 2 is 1.70 bits per heavy atom. The molecule has 2 aromatic carbocycles. The van der Waals surface area contributed by atoms with E-state index in [4.69, 9.17) is 4.99 Å². The van der Waals surface area contributed by atoms with Crippen molar-refractivity contribution in [1.29, 1.82) is 0 Å². The second-order valence-corrected chi connectivity index (χ2v) is 7.22. The van der Waals surface area contributed by atoms with Crippen LogP contribution in [0.15, 0.2) is 78.0 Å². The summed E-state index contributed by atoms with van der Waals surface area (Å²) in [4.78, 5) is 9.26. The Bertz CT molecular complexity index is 877. The molecule has 0 aliphatic rings. The Labute approximate surface area is 197 Å². The van der Waals surface area contributed by atoms with E-state index in [1.807, 2.05) is 18.5 Å². The number of benzene rings is 2. The maximum absolute atomic E-state index is 4.76. The summed E-state index contributed by atoms with van der Waals surface area (Å²) in [6.07, 6.45) is 5.96. The summed E-state index contributed by atoms with van der Waals surface area (Å²) in [5.74, 6) is 1.80. The summed E-state index contributed by atoms with van der Waals surface area (Å²) < 4.78 is 2.15. The molecule has 0 amide bonds. The lowest BCUT2D eigenvalue weighted by Crippen LogP contribution is -2.42. The summed E-state index contributed by atoms with van der Waals surface area (Å²) >= 11 is 0. The minimum Gasteiger partial charge on any atom is -0.357 e. The number of rotatable bonds is 9. The number of hydrogen-bond acceptors (Lipinski definition) is 2. The van der Waals surface area contributed by atoms with Gasteiger partial charge in [-0.05, 0) is 37.8 Å². The summed E-state index contributed by atoms with van der Waals surface area (Å²) in [6, 6.07) is 21.4. The van der Waals surface area contributed by atoms with Gasteiger partial charge in [-0.1, -0.05) is 60.7 Å². The van der Waals surface area contributed by atoms with Crippen LogP contribution in [0.25, 0.3) is 0 Å². The van der Waals surface area contributed by atoms with Gasteiger partial charge in [-0.15, -0.1) is 24.0 Å². The predicted molar refractivity (Wildman–Crippen MR) is 135 cm³/mol. The van der Waals surface area contributed by atoms with Crippen LogP contribution >= 0.6 is 24.0 Å². The maximum atomic E-state index is 4.76. The van der Waals surface area contributed by atoms with Crippen LogP contribution < -0.4 is 10.6 Å². The normalized spacial score (nSPS) is 12.1. The lowest BCUT2D eigenvalue weighted by atomic mass is 10.1. The highest BCUT2D eigenvalue weighted by Gasteiger charge is 2.07. The molecule has 0 saturated heterocycles. The van der Waals surface area contributed by atoms with E-state index in [1.54, 1.807) is 0 Å². The van der Waals surface area contributed by atoms with Gasteiger partial charge in [0.1, 0.15) is 12.4 Å². The van der Waals surface area contributed by atoms with Crippen LogP contribution in [0.2, 0.25) is 0 Å². The fraction of sp³-hybridized carbons (Fsp3) is 0.333. The Balaban J connectivity index is 0.00000320. The molecule has 2 N–H and O–H groups in total. The van der Waals surface area contributed by atoms with Crippen molar-refractivity contribution in [1.82, 2.24) is 20.2 Å². The third kappa shape index (κ3) is 7.82. The molecule has 1 aromatic heterocycles. The average molecular weight is 517 g/mol. The van der Waals surface area contributed by atoms with Crippen molar-refractivity contribution >= 4 is 29.9 Å². The summed E-state index contributed by atoms with van der Waals surface area (Å²) in [7, 11) is 0. The third-order valence-electron chi connectivity index (χ3n) is 4.81. The van der Waals surface area contributed by atoms with Gasteiger partial charge in [0.25, 0.3) is 0 Å². The molecular weight excluding hydrogens is 485 g/mol. The number of nitrogens with zero attached hydrogens (tertiary/aromatic N) is 3. The first-order chi connectivity index (χ1) is 14.2. The SMILES string of the molecule is CCNC(=NCc1nccn1Cc1ccccc1)NC(C)CCc1ccccc1.I. The van der Waals surface area contributed by atoms with Gasteiger partial charge >= 0.3 is 0 Å². The van der Waals surface area contributed by atoms with E-state index in [9.17, 15) is 0 Å². The Kier molecular flexibility index (Phi) is 10.4. The van der Waals surface area contributed by atoms with Crippen LogP contribution in [0.5, 0.6) is 0 Å². The Hall–Kier alpha value is -2.35. The number of hydrogen-bond donors (Lipinski definition) is 2. The Morgan fingerprint density at radius 3 is 2.37 bits per heavy atom. The molecule has 0 aliphatic heterocycles. The molecule has 0 aliphatic carbocycles. The van der Waals surface area contributed by atoms with E-state index in [-0.39, 0.29) is 24.0 Å². The molecular formula is C24H32IN5. The molecule has 0 fully saturated rings. The van der Waals surface area contributed by atoms with Gasteiger partial charge in [0.2, 0.25) is 0 Å². The highest BCUT2D eigenvalue weighted by molar-refractivity contribution is 14.0. The summed E-state index contributed by atoms with van der Waals surface area (Å²) in [5.41, 5.74) is 2.63. The molecule has 0 spiro atoms. The van der Waals surface area contributed by atoms with Crippen molar-refractivity contribution in [2.45, 2.75) is 45.8 Å². The molecule has 0 radical (unpaired) electrons. The van der Waals surface area contributed by atoms with Gasteiger partial charge in [0.05, 0.1) is 0 Å². The van der Waals surface area contributed by atoms with E-state index in [0.717, 1.165) is 37.7 Å². The zero-order valence-corrected chi connectivity index (χ0v) is 20.1. The third-order valence-corrected chi connectivity index (χ3v) is 4.81. The second-order valence-electron chi connectivity index (χ2n) is 7.22. The molecule has 0 bridgehead atoms.